The van der Waals surface area contributed by atoms with Crippen LogP contribution >= 0.6 is 23.2 Å². The zero-order valence-corrected chi connectivity index (χ0v) is 15.0. The minimum absolute atomic E-state index is 0.0914. The fourth-order valence-electron chi connectivity index (χ4n) is 3.25. The monoisotopic (exact) mass is 382 g/mol. The Kier molecular flexibility index (Phi) is 5.27. The number of pyridine rings is 1. The maximum atomic E-state index is 14.0. The molecule has 1 aliphatic rings. The Balaban J connectivity index is 1.73. The van der Waals surface area contributed by atoms with Gasteiger partial charge in [-0.15, -0.1) is 0 Å². The predicted octanol–water partition coefficient (Wildman–Crippen LogP) is 3.80. The van der Waals surface area contributed by atoms with Gasteiger partial charge in [0.2, 0.25) is 5.95 Å². The summed E-state index contributed by atoms with van der Waals surface area (Å²) < 4.78 is 14.0. The Morgan fingerprint density at radius 3 is 2.84 bits per heavy atom. The van der Waals surface area contributed by atoms with E-state index in [-0.39, 0.29) is 17.0 Å². The summed E-state index contributed by atoms with van der Waals surface area (Å²) in [4.78, 5) is 16.1. The summed E-state index contributed by atoms with van der Waals surface area (Å²) in [5.74, 6) is -0.967. The highest BCUT2D eigenvalue weighted by atomic mass is 35.5. The van der Waals surface area contributed by atoms with Crippen molar-refractivity contribution >= 4 is 29.1 Å². The topological polar surface area (TPSA) is 62.2 Å². The van der Waals surface area contributed by atoms with E-state index in [0.717, 1.165) is 5.56 Å². The van der Waals surface area contributed by atoms with Crippen LogP contribution in [0.2, 0.25) is 10.0 Å². The number of aliphatic hydroxyl groups is 1. The van der Waals surface area contributed by atoms with Gasteiger partial charge < -0.3 is 10.4 Å². The molecule has 1 aromatic heterocycles. The summed E-state index contributed by atoms with van der Waals surface area (Å²) in [6, 6.07) is 6.06. The van der Waals surface area contributed by atoms with Gasteiger partial charge in [-0.05, 0) is 48.1 Å². The van der Waals surface area contributed by atoms with Crippen LogP contribution in [0.25, 0.3) is 0 Å². The van der Waals surface area contributed by atoms with Crippen LogP contribution < -0.4 is 5.32 Å². The molecule has 0 aliphatic heterocycles. The second-order valence-electron chi connectivity index (χ2n) is 6.29. The van der Waals surface area contributed by atoms with E-state index in [1.54, 1.807) is 6.07 Å². The molecule has 25 heavy (non-hydrogen) atoms. The van der Waals surface area contributed by atoms with E-state index < -0.39 is 18.0 Å². The maximum Gasteiger partial charge on any atom is 0.253 e. The summed E-state index contributed by atoms with van der Waals surface area (Å²) in [7, 11) is 0. The maximum absolute atomic E-state index is 14.0. The molecule has 3 rings (SSSR count). The van der Waals surface area contributed by atoms with Gasteiger partial charge in [0.1, 0.15) is 0 Å². The number of carbonyl (C=O) groups excluding carboxylic acids is 1. The minimum Gasteiger partial charge on any atom is -0.378 e. The molecule has 1 heterocycles. The molecule has 2 aromatic rings. The van der Waals surface area contributed by atoms with Crippen LogP contribution in [0.4, 0.5) is 4.39 Å². The number of aliphatic hydroxyl groups excluding tert-OH is 1. The number of benzene rings is 1. The zero-order chi connectivity index (χ0) is 18.1. The molecule has 3 unspecified atom stereocenters. The first-order valence-corrected chi connectivity index (χ1v) is 8.69. The van der Waals surface area contributed by atoms with Crippen LogP contribution in [0.1, 0.15) is 42.1 Å². The number of aromatic nitrogens is 1. The molecule has 132 valence electrons. The molecule has 7 heteroatoms. The van der Waals surface area contributed by atoms with Crippen molar-refractivity contribution in [2.45, 2.75) is 37.8 Å². The molecule has 0 fully saturated rings. The zero-order valence-electron chi connectivity index (χ0n) is 13.5. The Labute approximate surface area is 155 Å². The molecule has 2 N–H and O–H groups in total. The number of amides is 1. The highest BCUT2D eigenvalue weighted by molar-refractivity contribution is 6.42. The molecule has 0 saturated heterocycles. The lowest BCUT2D eigenvalue weighted by molar-refractivity contribution is -0.130. The highest BCUT2D eigenvalue weighted by Crippen LogP contribution is 2.32. The van der Waals surface area contributed by atoms with Crippen LogP contribution in [-0.2, 0) is 11.2 Å². The predicted molar refractivity (Wildman–Crippen MR) is 94.3 cm³/mol. The van der Waals surface area contributed by atoms with Gasteiger partial charge in [0, 0.05) is 17.8 Å². The minimum atomic E-state index is -1.37. The molecule has 3 atom stereocenters. The summed E-state index contributed by atoms with van der Waals surface area (Å²) in [6.45, 7) is 1.98. The number of carbonyl (C=O) groups is 1. The van der Waals surface area contributed by atoms with Crippen molar-refractivity contribution in [2.75, 3.05) is 0 Å². The Morgan fingerprint density at radius 2 is 2.12 bits per heavy atom. The molecule has 0 saturated carbocycles. The summed E-state index contributed by atoms with van der Waals surface area (Å²) in [6.07, 6.45) is 1.10. The third-order valence-electron chi connectivity index (χ3n) is 4.51. The fraction of sp³-hybridized carbons (Fsp3) is 0.333. The van der Waals surface area contributed by atoms with E-state index in [4.69, 9.17) is 23.2 Å². The SMILES string of the molecule is CC1CC(NC(=O)C(O)c2ccc(Cl)c(Cl)c2)Cc2c1ccnc2F. The Hall–Kier alpha value is -1.69. The molecule has 4 nitrogen and oxygen atoms in total. The number of hydrogen-bond donors (Lipinski definition) is 2. The standard InChI is InChI=1S/C18H17Cl2FN2O2/c1-9-6-11(8-13-12(9)4-5-22-17(13)21)23-18(25)16(24)10-2-3-14(19)15(20)7-10/h2-5,7,9,11,16,24H,6,8H2,1H3,(H,23,25). The Morgan fingerprint density at radius 1 is 1.36 bits per heavy atom. The molecule has 1 aromatic carbocycles. The van der Waals surface area contributed by atoms with Gasteiger partial charge in [0.25, 0.3) is 5.91 Å². The first kappa shape index (κ1) is 18.1. The van der Waals surface area contributed by atoms with Crippen LogP contribution in [-0.4, -0.2) is 22.0 Å². The average Bonchev–Trinajstić information content (AvgIpc) is 2.57. The molecule has 0 radical (unpaired) electrons. The molecular formula is C18H17Cl2FN2O2. The van der Waals surface area contributed by atoms with Crippen molar-refractivity contribution in [3.05, 3.63) is 63.1 Å². The number of fused-ring (bicyclic) bond motifs is 1. The van der Waals surface area contributed by atoms with Crippen LogP contribution in [0.15, 0.2) is 30.5 Å². The second kappa shape index (κ2) is 7.28. The smallest absolute Gasteiger partial charge is 0.253 e. The van der Waals surface area contributed by atoms with Gasteiger partial charge in [-0.1, -0.05) is 36.2 Å². The number of halogens is 3. The van der Waals surface area contributed by atoms with Gasteiger partial charge in [-0.3, -0.25) is 4.79 Å². The van der Waals surface area contributed by atoms with Gasteiger partial charge in [0.05, 0.1) is 10.0 Å². The third-order valence-corrected chi connectivity index (χ3v) is 5.25. The van der Waals surface area contributed by atoms with Crippen molar-refractivity contribution in [1.82, 2.24) is 10.3 Å². The van der Waals surface area contributed by atoms with Gasteiger partial charge in [-0.2, -0.15) is 4.39 Å². The lowest BCUT2D eigenvalue weighted by atomic mass is 9.82. The fourth-order valence-corrected chi connectivity index (χ4v) is 3.56. The molecule has 1 amide bonds. The summed E-state index contributed by atoms with van der Waals surface area (Å²) in [5.41, 5.74) is 1.79. The Bertz CT molecular complexity index is 816. The average molecular weight is 383 g/mol. The van der Waals surface area contributed by atoms with Crippen molar-refractivity contribution in [3.63, 3.8) is 0 Å². The first-order valence-electron chi connectivity index (χ1n) is 7.93. The van der Waals surface area contributed by atoms with Crippen molar-refractivity contribution < 1.29 is 14.3 Å². The normalized spacial score (nSPS) is 20.7. The number of nitrogens with zero attached hydrogens (tertiary/aromatic N) is 1. The first-order chi connectivity index (χ1) is 11.9. The molecule has 1 aliphatic carbocycles. The summed E-state index contributed by atoms with van der Waals surface area (Å²) >= 11 is 11.8. The van der Waals surface area contributed by atoms with E-state index in [1.165, 1.54) is 18.3 Å². The number of rotatable bonds is 3. The van der Waals surface area contributed by atoms with E-state index in [1.807, 2.05) is 13.0 Å². The van der Waals surface area contributed by atoms with Gasteiger partial charge in [0.15, 0.2) is 6.10 Å². The van der Waals surface area contributed by atoms with Crippen LogP contribution in [0, 0.1) is 5.95 Å². The largest absolute Gasteiger partial charge is 0.378 e. The van der Waals surface area contributed by atoms with Crippen molar-refractivity contribution in [2.24, 2.45) is 0 Å². The molecule has 0 bridgehead atoms. The molecular weight excluding hydrogens is 366 g/mol. The van der Waals surface area contributed by atoms with Crippen LogP contribution in [0.5, 0.6) is 0 Å². The van der Waals surface area contributed by atoms with Gasteiger partial charge >= 0.3 is 0 Å². The van der Waals surface area contributed by atoms with Crippen molar-refractivity contribution in [1.29, 1.82) is 0 Å². The van der Waals surface area contributed by atoms with E-state index in [9.17, 15) is 14.3 Å². The summed E-state index contributed by atoms with van der Waals surface area (Å²) in [5, 5.41) is 13.7. The van der Waals surface area contributed by atoms with E-state index in [2.05, 4.69) is 10.3 Å². The lowest BCUT2D eigenvalue weighted by Crippen LogP contribution is -2.42. The quantitative estimate of drug-likeness (QED) is 0.793. The number of nitrogens with one attached hydrogen (secondary N) is 1. The highest BCUT2D eigenvalue weighted by Gasteiger charge is 2.29. The van der Waals surface area contributed by atoms with Crippen LogP contribution in [0.3, 0.4) is 0 Å². The van der Waals surface area contributed by atoms with E-state index in [0.29, 0.717) is 29.0 Å². The number of hydrogen-bond acceptors (Lipinski definition) is 3. The second-order valence-corrected chi connectivity index (χ2v) is 7.11. The van der Waals surface area contributed by atoms with E-state index >= 15 is 0 Å². The van der Waals surface area contributed by atoms with Gasteiger partial charge in [-0.25, -0.2) is 4.98 Å². The third kappa shape index (κ3) is 3.78. The van der Waals surface area contributed by atoms with Crippen molar-refractivity contribution in [3.8, 4) is 0 Å². The lowest BCUT2D eigenvalue weighted by Gasteiger charge is -2.30. The molecule has 0 spiro atoms.